The molecule has 4 amide bonds. The number of nitrogens with one attached hydrogen (secondary N) is 2. The molecular weight excluding hydrogens is 470 g/mol. The predicted octanol–water partition coefficient (Wildman–Crippen LogP) is 3.30. The van der Waals surface area contributed by atoms with E-state index in [4.69, 9.17) is 16.3 Å². The first-order valence-corrected chi connectivity index (χ1v) is 11.2. The average Bonchev–Trinajstić information content (AvgIpc) is 3.11. The van der Waals surface area contributed by atoms with Crippen LogP contribution in [0.1, 0.15) is 47.0 Å². The maximum absolute atomic E-state index is 12.8. The molecular formula is C26H22ClN3O5. The van der Waals surface area contributed by atoms with Gasteiger partial charge in [0.25, 0.3) is 23.6 Å². The van der Waals surface area contributed by atoms with Gasteiger partial charge in [-0.15, -0.1) is 0 Å². The highest BCUT2D eigenvalue weighted by Crippen LogP contribution is 2.26. The zero-order chi connectivity index (χ0) is 24.9. The van der Waals surface area contributed by atoms with E-state index >= 15 is 0 Å². The van der Waals surface area contributed by atoms with Crippen LogP contribution in [0.25, 0.3) is 0 Å². The lowest BCUT2D eigenvalue weighted by Crippen LogP contribution is -2.35. The van der Waals surface area contributed by atoms with Gasteiger partial charge >= 0.3 is 0 Å². The van der Waals surface area contributed by atoms with Crippen molar-refractivity contribution >= 4 is 35.2 Å². The summed E-state index contributed by atoms with van der Waals surface area (Å²) in [5.41, 5.74) is 1.92. The molecule has 2 N–H and O–H groups in total. The van der Waals surface area contributed by atoms with E-state index in [2.05, 4.69) is 10.6 Å². The summed E-state index contributed by atoms with van der Waals surface area (Å²) >= 11 is 6.03. The molecule has 0 unspecified atom stereocenters. The number of rotatable bonds is 8. The van der Waals surface area contributed by atoms with Crippen molar-refractivity contribution in [3.05, 3.63) is 99.6 Å². The molecule has 8 nitrogen and oxygen atoms in total. The average molecular weight is 492 g/mol. The second-order valence-corrected chi connectivity index (χ2v) is 8.18. The first kappa shape index (κ1) is 24.0. The molecule has 0 aromatic heterocycles. The van der Waals surface area contributed by atoms with Crippen LogP contribution in [0, 0.1) is 0 Å². The zero-order valence-electron chi connectivity index (χ0n) is 18.8. The summed E-state index contributed by atoms with van der Waals surface area (Å²) < 4.78 is 5.31. The van der Waals surface area contributed by atoms with Crippen LogP contribution in [-0.2, 0) is 6.54 Å². The Labute approximate surface area is 206 Å². The van der Waals surface area contributed by atoms with Gasteiger partial charge in [-0.2, -0.15) is 0 Å². The Kier molecular flexibility index (Phi) is 7.12. The minimum absolute atomic E-state index is 0.0184. The Balaban J connectivity index is 1.39. The topological polar surface area (TPSA) is 105 Å². The van der Waals surface area contributed by atoms with Gasteiger partial charge in [-0.05, 0) is 42.0 Å². The summed E-state index contributed by atoms with van der Waals surface area (Å²) in [5, 5.41) is 5.78. The predicted molar refractivity (Wildman–Crippen MR) is 130 cm³/mol. The molecule has 0 radical (unpaired) electrons. The monoisotopic (exact) mass is 491 g/mol. The Morgan fingerprint density at radius 2 is 1.40 bits per heavy atom. The summed E-state index contributed by atoms with van der Waals surface area (Å²) in [4.78, 5) is 51.5. The van der Waals surface area contributed by atoms with E-state index in [0.717, 1.165) is 4.90 Å². The molecule has 0 atom stereocenters. The van der Waals surface area contributed by atoms with Crippen molar-refractivity contribution in [2.24, 2.45) is 0 Å². The number of benzene rings is 3. The van der Waals surface area contributed by atoms with Crippen molar-refractivity contribution in [3.63, 3.8) is 0 Å². The van der Waals surface area contributed by atoms with Crippen molar-refractivity contribution in [2.45, 2.75) is 6.54 Å². The van der Waals surface area contributed by atoms with Crippen LogP contribution in [0.5, 0.6) is 5.75 Å². The number of carbonyl (C=O) groups excluding carboxylic acids is 4. The highest BCUT2D eigenvalue weighted by molar-refractivity contribution is 6.33. The second-order valence-electron chi connectivity index (χ2n) is 7.77. The van der Waals surface area contributed by atoms with Gasteiger partial charge in [0.2, 0.25) is 0 Å². The SMILES string of the molecule is COc1ccc(CN2C(=O)c3ccccc3C2=O)cc1C(=O)NCCNC(=O)c1ccccc1Cl. The molecule has 35 heavy (non-hydrogen) atoms. The number of carbonyl (C=O) groups is 4. The maximum Gasteiger partial charge on any atom is 0.261 e. The van der Waals surface area contributed by atoms with Gasteiger partial charge in [-0.3, -0.25) is 24.1 Å². The highest BCUT2D eigenvalue weighted by Gasteiger charge is 2.35. The molecule has 9 heteroatoms. The quantitative estimate of drug-likeness (QED) is 0.371. The minimum Gasteiger partial charge on any atom is -0.496 e. The molecule has 1 heterocycles. The molecule has 0 aliphatic carbocycles. The van der Waals surface area contributed by atoms with E-state index < -0.39 is 5.91 Å². The molecule has 0 saturated carbocycles. The van der Waals surface area contributed by atoms with Crippen LogP contribution in [0.4, 0.5) is 0 Å². The third-order valence-corrected chi connectivity index (χ3v) is 5.87. The van der Waals surface area contributed by atoms with Crippen molar-refractivity contribution in [2.75, 3.05) is 20.2 Å². The third-order valence-electron chi connectivity index (χ3n) is 5.54. The van der Waals surface area contributed by atoms with Gasteiger partial charge in [0.15, 0.2) is 0 Å². The minimum atomic E-state index is -0.418. The summed E-state index contributed by atoms with van der Waals surface area (Å²) in [6.07, 6.45) is 0. The molecule has 1 aliphatic rings. The molecule has 0 fully saturated rings. The Bertz CT molecular complexity index is 1290. The van der Waals surface area contributed by atoms with E-state index in [1.165, 1.54) is 7.11 Å². The van der Waals surface area contributed by atoms with Crippen molar-refractivity contribution in [1.82, 2.24) is 15.5 Å². The van der Waals surface area contributed by atoms with Crippen molar-refractivity contribution in [1.29, 1.82) is 0 Å². The first-order chi connectivity index (χ1) is 16.9. The smallest absolute Gasteiger partial charge is 0.261 e. The standard InChI is InChI=1S/C26H22ClN3O5/c1-35-22-11-10-16(15-30-25(33)17-6-2-3-7-18(17)26(30)34)14-20(22)24(32)29-13-12-28-23(31)19-8-4-5-9-21(19)27/h2-11,14H,12-13,15H2,1H3,(H,28,31)(H,29,32). The summed E-state index contributed by atoms with van der Waals surface area (Å²) in [7, 11) is 1.44. The molecule has 0 saturated heterocycles. The van der Waals surface area contributed by atoms with Gasteiger partial charge in [0.1, 0.15) is 5.75 Å². The molecule has 4 rings (SSSR count). The number of methoxy groups -OCH3 is 1. The lowest BCUT2D eigenvalue weighted by atomic mass is 10.1. The van der Waals surface area contributed by atoms with Crippen molar-refractivity contribution in [3.8, 4) is 5.75 Å². The van der Waals surface area contributed by atoms with Crippen LogP contribution in [-0.4, -0.2) is 48.7 Å². The largest absolute Gasteiger partial charge is 0.496 e. The van der Waals surface area contributed by atoms with Crippen molar-refractivity contribution < 1.29 is 23.9 Å². The Morgan fingerprint density at radius 3 is 2.00 bits per heavy atom. The van der Waals surface area contributed by atoms with Crippen LogP contribution >= 0.6 is 11.6 Å². The number of nitrogens with zero attached hydrogens (tertiary/aromatic N) is 1. The zero-order valence-corrected chi connectivity index (χ0v) is 19.6. The second kappa shape index (κ2) is 10.4. The van der Waals surface area contributed by atoms with Gasteiger partial charge in [-0.1, -0.05) is 41.9 Å². The molecule has 3 aromatic carbocycles. The number of hydrogen-bond acceptors (Lipinski definition) is 5. The van der Waals surface area contributed by atoms with Crippen LogP contribution in [0.2, 0.25) is 5.02 Å². The molecule has 178 valence electrons. The Hall–Kier alpha value is -4.17. The number of fused-ring (bicyclic) bond motifs is 1. The first-order valence-electron chi connectivity index (χ1n) is 10.8. The van der Waals surface area contributed by atoms with E-state index in [1.807, 2.05) is 0 Å². The third kappa shape index (κ3) is 5.02. The van der Waals surface area contributed by atoms with Crippen LogP contribution < -0.4 is 15.4 Å². The van der Waals surface area contributed by atoms with Gasteiger partial charge in [-0.25, -0.2) is 0 Å². The number of hydrogen-bond donors (Lipinski definition) is 2. The van der Waals surface area contributed by atoms with Gasteiger partial charge in [0.05, 0.1) is 40.9 Å². The normalized spacial score (nSPS) is 12.3. The number of ether oxygens (including phenoxy) is 1. The fourth-order valence-electron chi connectivity index (χ4n) is 3.78. The fraction of sp³-hybridized carbons (Fsp3) is 0.154. The Morgan fingerprint density at radius 1 is 0.829 bits per heavy atom. The molecule has 0 bridgehead atoms. The van der Waals surface area contributed by atoms with Crippen LogP contribution in [0.15, 0.2) is 66.7 Å². The number of imide groups is 1. The maximum atomic E-state index is 12.8. The molecule has 0 spiro atoms. The van der Waals surface area contributed by atoms with Gasteiger partial charge < -0.3 is 15.4 Å². The lowest BCUT2D eigenvalue weighted by molar-refractivity contribution is 0.0642. The lowest BCUT2D eigenvalue weighted by Gasteiger charge is -2.16. The van der Waals surface area contributed by atoms with Crippen LogP contribution in [0.3, 0.4) is 0 Å². The number of halogens is 1. The molecule has 1 aliphatic heterocycles. The summed E-state index contributed by atoms with van der Waals surface area (Å²) in [6, 6.07) is 18.2. The van der Waals surface area contributed by atoms with E-state index in [0.29, 0.717) is 33.0 Å². The fourth-order valence-corrected chi connectivity index (χ4v) is 4.01. The van der Waals surface area contributed by atoms with E-state index in [9.17, 15) is 19.2 Å². The highest BCUT2D eigenvalue weighted by atomic mass is 35.5. The summed E-state index contributed by atoms with van der Waals surface area (Å²) in [6.45, 7) is 0.373. The van der Waals surface area contributed by atoms with Gasteiger partial charge in [0, 0.05) is 13.1 Å². The number of amides is 4. The molecule has 3 aromatic rings. The van der Waals surface area contributed by atoms with E-state index in [1.54, 1.807) is 66.7 Å². The van der Waals surface area contributed by atoms with E-state index in [-0.39, 0.29) is 42.9 Å². The summed E-state index contributed by atoms with van der Waals surface area (Å²) in [5.74, 6) is -1.17.